The van der Waals surface area contributed by atoms with E-state index < -0.39 is 12.0 Å². The molecule has 0 unspecified atom stereocenters. The molecule has 2 atom stereocenters. The Morgan fingerprint density at radius 3 is 2.57 bits per heavy atom. The van der Waals surface area contributed by atoms with Crippen molar-refractivity contribution in [3.8, 4) is 0 Å². The number of hydrogen-bond donors (Lipinski definition) is 2. The summed E-state index contributed by atoms with van der Waals surface area (Å²) in [5.41, 5.74) is 0. The summed E-state index contributed by atoms with van der Waals surface area (Å²) < 4.78 is 5.10. The maximum atomic E-state index is 11.9. The van der Waals surface area contributed by atoms with Gasteiger partial charge in [0.1, 0.15) is 6.04 Å². The quantitative estimate of drug-likeness (QED) is 0.494. The molecule has 0 bridgehead atoms. The Hall–Kier alpha value is -1.37. The largest absolute Gasteiger partial charge is 0.461 e. The molecule has 1 fully saturated rings. The number of esters is 1. The molecule has 6 nitrogen and oxygen atoms in total. The van der Waals surface area contributed by atoms with Gasteiger partial charge in [0, 0.05) is 18.1 Å². The molecule has 0 saturated carbocycles. The Morgan fingerprint density at radius 2 is 2.10 bits per heavy atom. The smallest absolute Gasteiger partial charge is 0.328 e. The highest BCUT2D eigenvalue weighted by molar-refractivity contribution is 8.01. The summed E-state index contributed by atoms with van der Waals surface area (Å²) >= 11 is 1.74. The van der Waals surface area contributed by atoms with Crippen molar-refractivity contribution < 1.29 is 19.1 Å². The molecule has 0 aromatic carbocycles. The van der Waals surface area contributed by atoms with E-state index in [1.807, 2.05) is 0 Å². The molecule has 2 N–H and O–H groups in total. The van der Waals surface area contributed by atoms with Crippen LogP contribution < -0.4 is 5.32 Å². The predicted molar refractivity (Wildman–Crippen MR) is 81.7 cm³/mol. The van der Waals surface area contributed by atoms with E-state index in [-0.39, 0.29) is 30.6 Å². The second kappa shape index (κ2) is 8.81. The molecule has 1 rings (SSSR count). The van der Waals surface area contributed by atoms with Crippen LogP contribution in [0.1, 0.15) is 39.5 Å². The van der Waals surface area contributed by atoms with Crippen molar-refractivity contribution in [1.29, 1.82) is 5.41 Å². The second-order valence-corrected chi connectivity index (χ2v) is 6.65. The van der Waals surface area contributed by atoms with Crippen LogP contribution in [0.3, 0.4) is 0 Å². The lowest BCUT2D eigenvalue weighted by Crippen LogP contribution is -2.44. The number of carbonyl (C=O) groups is 3. The van der Waals surface area contributed by atoms with Crippen LogP contribution in [0.15, 0.2) is 0 Å². The molecule has 21 heavy (non-hydrogen) atoms. The van der Waals surface area contributed by atoms with Crippen molar-refractivity contribution in [2.75, 3.05) is 5.75 Å². The van der Waals surface area contributed by atoms with Crippen LogP contribution in [-0.4, -0.2) is 47.0 Å². The van der Waals surface area contributed by atoms with Crippen molar-refractivity contribution in [2.45, 2.75) is 56.9 Å². The average Bonchev–Trinajstić information content (AvgIpc) is 2.37. The maximum absolute atomic E-state index is 11.9. The van der Waals surface area contributed by atoms with Gasteiger partial charge in [-0.2, -0.15) is 11.8 Å². The number of Topliss-reactive ketones (excluding diaryl/α,β-unsaturated/α-hetero) is 1. The molecule has 0 aliphatic carbocycles. The molecule has 118 valence electrons. The molecule has 0 aromatic rings. The third kappa shape index (κ3) is 6.75. The Bertz CT molecular complexity index is 408. The fourth-order valence-corrected chi connectivity index (χ4v) is 2.67. The first-order valence-electron chi connectivity index (χ1n) is 7.07. The van der Waals surface area contributed by atoms with Crippen LogP contribution in [0.2, 0.25) is 0 Å². The van der Waals surface area contributed by atoms with Gasteiger partial charge in [0.2, 0.25) is 5.91 Å². The zero-order valence-electron chi connectivity index (χ0n) is 12.4. The van der Waals surface area contributed by atoms with E-state index in [1.165, 1.54) is 0 Å². The van der Waals surface area contributed by atoms with Crippen LogP contribution in [0, 0.1) is 5.41 Å². The van der Waals surface area contributed by atoms with Crippen LogP contribution in [0.4, 0.5) is 0 Å². The summed E-state index contributed by atoms with van der Waals surface area (Å²) in [6.45, 7) is 3.45. The SMILES string of the molecule is CC(C)OC(=O)[C@H](CCC(=O)C=N)NC(=O)C[C@@H]1CCS1. The number of nitrogens with one attached hydrogen (secondary N) is 2. The van der Waals surface area contributed by atoms with Gasteiger partial charge >= 0.3 is 5.97 Å². The third-order valence-corrected chi connectivity index (χ3v) is 4.36. The lowest BCUT2D eigenvalue weighted by Gasteiger charge is -2.25. The van der Waals surface area contributed by atoms with Gasteiger partial charge in [-0.1, -0.05) is 0 Å². The van der Waals surface area contributed by atoms with E-state index in [0.717, 1.165) is 18.4 Å². The highest BCUT2D eigenvalue weighted by atomic mass is 32.2. The van der Waals surface area contributed by atoms with Gasteiger partial charge in [-0.3, -0.25) is 9.59 Å². The van der Waals surface area contributed by atoms with E-state index in [4.69, 9.17) is 10.1 Å². The molecule has 1 aliphatic heterocycles. The Morgan fingerprint density at radius 1 is 1.43 bits per heavy atom. The number of carbonyl (C=O) groups excluding carboxylic acids is 3. The number of hydrogen-bond acceptors (Lipinski definition) is 6. The molecular formula is C14H22N2O4S. The Kier molecular flexibility index (Phi) is 7.42. The van der Waals surface area contributed by atoms with Crippen LogP contribution in [0.5, 0.6) is 0 Å². The van der Waals surface area contributed by atoms with Gasteiger partial charge in [0.25, 0.3) is 0 Å². The lowest BCUT2D eigenvalue weighted by molar-refractivity contribution is -0.151. The minimum absolute atomic E-state index is 0.0415. The van der Waals surface area contributed by atoms with Gasteiger partial charge in [-0.15, -0.1) is 0 Å². The average molecular weight is 314 g/mol. The van der Waals surface area contributed by atoms with E-state index >= 15 is 0 Å². The maximum Gasteiger partial charge on any atom is 0.328 e. The Labute approximate surface area is 128 Å². The van der Waals surface area contributed by atoms with Crippen molar-refractivity contribution in [3.05, 3.63) is 0 Å². The molecule has 1 saturated heterocycles. The fourth-order valence-electron chi connectivity index (χ4n) is 1.83. The molecule has 1 heterocycles. The highest BCUT2D eigenvalue weighted by Crippen LogP contribution is 2.30. The van der Waals surface area contributed by atoms with Crippen molar-refractivity contribution in [3.63, 3.8) is 0 Å². The van der Waals surface area contributed by atoms with E-state index in [1.54, 1.807) is 25.6 Å². The first kappa shape index (κ1) is 17.7. The molecule has 1 amide bonds. The van der Waals surface area contributed by atoms with Gasteiger partial charge in [0.05, 0.1) is 12.3 Å². The molecule has 0 aromatic heterocycles. The van der Waals surface area contributed by atoms with Crippen molar-refractivity contribution >= 4 is 35.6 Å². The summed E-state index contributed by atoms with van der Waals surface area (Å²) in [6, 6.07) is -0.825. The predicted octanol–water partition coefficient (Wildman–Crippen LogP) is 1.32. The summed E-state index contributed by atoms with van der Waals surface area (Å²) in [4.78, 5) is 35.0. The minimum Gasteiger partial charge on any atom is -0.461 e. The molecule has 0 spiro atoms. The first-order chi connectivity index (χ1) is 9.92. The van der Waals surface area contributed by atoms with Crippen LogP contribution in [-0.2, 0) is 19.1 Å². The first-order valence-corrected chi connectivity index (χ1v) is 8.12. The summed E-state index contributed by atoms with van der Waals surface area (Å²) in [6.07, 6.45) is 2.04. The molecule has 0 radical (unpaired) electrons. The standard InChI is InChI=1S/C14H22N2O4S/c1-9(2)20-14(19)12(4-3-10(17)8-15)16-13(18)7-11-5-6-21-11/h8-9,11-12,15H,3-7H2,1-2H3,(H,16,18)/t11-,12-/m0/s1. The van der Waals surface area contributed by atoms with Gasteiger partial charge in [-0.25, -0.2) is 4.79 Å². The number of ketones is 1. The lowest BCUT2D eigenvalue weighted by atomic mass is 10.1. The zero-order chi connectivity index (χ0) is 15.8. The number of amides is 1. The highest BCUT2D eigenvalue weighted by Gasteiger charge is 2.27. The number of rotatable bonds is 9. The van der Waals surface area contributed by atoms with Gasteiger partial charge in [-0.05, 0) is 32.4 Å². The monoisotopic (exact) mass is 314 g/mol. The second-order valence-electron chi connectivity index (χ2n) is 5.24. The fraction of sp³-hybridized carbons (Fsp3) is 0.714. The molecule has 1 aliphatic rings. The van der Waals surface area contributed by atoms with Crippen molar-refractivity contribution in [1.82, 2.24) is 5.32 Å². The van der Waals surface area contributed by atoms with Crippen LogP contribution >= 0.6 is 11.8 Å². The number of ether oxygens (including phenoxy) is 1. The van der Waals surface area contributed by atoms with E-state index in [2.05, 4.69) is 5.32 Å². The van der Waals surface area contributed by atoms with E-state index in [0.29, 0.717) is 11.7 Å². The van der Waals surface area contributed by atoms with Gasteiger partial charge < -0.3 is 15.5 Å². The van der Waals surface area contributed by atoms with E-state index in [9.17, 15) is 14.4 Å². The van der Waals surface area contributed by atoms with Gasteiger partial charge in [0.15, 0.2) is 5.78 Å². The van der Waals surface area contributed by atoms with Crippen molar-refractivity contribution in [2.24, 2.45) is 0 Å². The topological polar surface area (TPSA) is 96.3 Å². The molecular weight excluding hydrogens is 292 g/mol. The zero-order valence-corrected chi connectivity index (χ0v) is 13.2. The minimum atomic E-state index is -0.825. The summed E-state index contributed by atoms with van der Waals surface area (Å²) in [5.74, 6) is -0.0244. The summed E-state index contributed by atoms with van der Waals surface area (Å²) in [7, 11) is 0. The normalized spacial score (nSPS) is 18.5. The molecule has 7 heteroatoms. The number of thioether (sulfide) groups is 1. The summed E-state index contributed by atoms with van der Waals surface area (Å²) in [5, 5.41) is 9.83. The Balaban J connectivity index is 2.52. The third-order valence-electron chi connectivity index (χ3n) is 3.02. The van der Waals surface area contributed by atoms with Crippen LogP contribution in [0.25, 0.3) is 0 Å².